The summed E-state index contributed by atoms with van der Waals surface area (Å²) in [6.07, 6.45) is 0.322. The van der Waals surface area contributed by atoms with Crippen LogP contribution in [0.4, 0.5) is 4.79 Å². The molecule has 1 atom stereocenters. The van der Waals surface area contributed by atoms with E-state index in [0.29, 0.717) is 25.1 Å². The van der Waals surface area contributed by atoms with Gasteiger partial charge < -0.3 is 14.7 Å². The summed E-state index contributed by atoms with van der Waals surface area (Å²) in [5.74, 6) is 0.385. The van der Waals surface area contributed by atoms with E-state index in [4.69, 9.17) is 9.84 Å². The van der Waals surface area contributed by atoms with Crippen LogP contribution in [-0.4, -0.2) is 41.9 Å². The Kier molecular flexibility index (Phi) is 3.54. The van der Waals surface area contributed by atoms with Crippen LogP contribution in [0.25, 0.3) is 0 Å². The lowest BCUT2D eigenvalue weighted by Crippen LogP contribution is -2.34. The van der Waals surface area contributed by atoms with Crippen LogP contribution in [0.15, 0.2) is 0 Å². The lowest BCUT2D eigenvalue weighted by atomic mass is 10.2. The summed E-state index contributed by atoms with van der Waals surface area (Å²) in [6.45, 7) is 6.04. The zero-order chi connectivity index (χ0) is 9.84. The number of carbonyl (C=O) groups is 1. The Morgan fingerprint density at radius 2 is 2.31 bits per heavy atom. The average Bonchev–Trinajstić information content (AvgIpc) is 2.79. The molecule has 0 bridgehead atoms. The van der Waals surface area contributed by atoms with E-state index in [2.05, 4.69) is 0 Å². The fraction of sp³-hybridized carbons (Fsp3) is 0.889. The van der Waals surface area contributed by atoms with Crippen LogP contribution in [-0.2, 0) is 4.74 Å². The molecule has 1 rings (SSSR count). The highest BCUT2D eigenvalue weighted by atomic mass is 16.6. The maximum absolute atomic E-state index is 10.8. The SMILES string of the molecule is CC(C)CN(CCC1CO1)C(=O)O. The molecule has 0 saturated carbocycles. The third-order valence-corrected chi connectivity index (χ3v) is 1.98. The first-order valence-electron chi connectivity index (χ1n) is 4.69. The van der Waals surface area contributed by atoms with Gasteiger partial charge in [0, 0.05) is 13.1 Å². The second-order valence-corrected chi connectivity index (χ2v) is 3.87. The first-order chi connectivity index (χ1) is 6.09. The molecule has 0 spiro atoms. The zero-order valence-corrected chi connectivity index (χ0v) is 8.19. The molecule has 4 nitrogen and oxygen atoms in total. The maximum Gasteiger partial charge on any atom is 0.407 e. The van der Waals surface area contributed by atoms with Crippen LogP contribution in [0.5, 0.6) is 0 Å². The summed E-state index contributed by atoms with van der Waals surface area (Å²) in [5, 5.41) is 8.84. The average molecular weight is 187 g/mol. The smallest absolute Gasteiger partial charge is 0.407 e. The number of carboxylic acid groups (broad SMARTS) is 1. The van der Waals surface area contributed by atoms with Crippen molar-refractivity contribution < 1.29 is 14.6 Å². The van der Waals surface area contributed by atoms with Gasteiger partial charge in [-0.1, -0.05) is 13.8 Å². The Bertz CT molecular complexity index is 178. The Morgan fingerprint density at radius 3 is 2.69 bits per heavy atom. The van der Waals surface area contributed by atoms with Gasteiger partial charge in [-0.2, -0.15) is 0 Å². The summed E-state index contributed by atoms with van der Waals surface area (Å²) < 4.78 is 5.02. The minimum atomic E-state index is -0.825. The molecule has 76 valence electrons. The Morgan fingerprint density at radius 1 is 1.69 bits per heavy atom. The van der Waals surface area contributed by atoms with E-state index in [-0.39, 0.29) is 0 Å². The number of epoxide rings is 1. The number of hydrogen-bond donors (Lipinski definition) is 1. The summed E-state index contributed by atoms with van der Waals surface area (Å²) in [6, 6.07) is 0. The third-order valence-electron chi connectivity index (χ3n) is 1.98. The van der Waals surface area contributed by atoms with Crippen LogP contribution in [0, 0.1) is 5.92 Å². The highest BCUT2D eigenvalue weighted by molar-refractivity contribution is 5.64. The normalized spacial score (nSPS) is 20.4. The predicted octanol–water partition coefficient (Wildman–Crippen LogP) is 1.41. The predicted molar refractivity (Wildman–Crippen MR) is 48.8 cm³/mol. The number of amides is 1. The monoisotopic (exact) mass is 187 g/mol. The Balaban J connectivity index is 2.23. The van der Waals surface area contributed by atoms with Crippen molar-refractivity contribution in [3.8, 4) is 0 Å². The molecule has 4 heteroatoms. The van der Waals surface area contributed by atoms with Crippen molar-refractivity contribution >= 4 is 6.09 Å². The van der Waals surface area contributed by atoms with Crippen molar-refractivity contribution in [3.05, 3.63) is 0 Å². The van der Waals surface area contributed by atoms with Gasteiger partial charge in [0.25, 0.3) is 0 Å². The molecule has 1 N–H and O–H groups in total. The van der Waals surface area contributed by atoms with Gasteiger partial charge in [0.15, 0.2) is 0 Å². The molecule has 0 aromatic rings. The van der Waals surface area contributed by atoms with Gasteiger partial charge in [0.2, 0.25) is 0 Å². The van der Waals surface area contributed by atoms with Crippen molar-refractivity contribution in [2.45, 2.75) is 26.4 Å². The largest absolute Gasteiger partial charge is 0.465 e. The Hall–Kier alpha value is -0.770. The molecule has 1 aliphatic heterocycles. The molecule has 1 saturated heterocycles. The highest BCUT2D eigenvalue weighted by Gasteiger charge is 2.24. The van der Waals surface area contributed by atoms with Crippen LogP contribution in [0.3, 0.4) is 0 Å². The highest BCUT2D eigenvalue weighted by Crippen LogP contribution is 2.14. The molecule has 13 heavy (non-hydrogen) atoms. The van der Waals surface area contributed by atoms with Crippen LogP contribution >= 0.6 is 0 Å². The van der Waals surface area contributed by atoms with Gasteiger partial charge in [-0.15, -0.1) is 0 Å². The molecule has 1 unspecified atom stereocenters. The second-order valence-electron chi connectivity index (χ2n) is 3.87. The van der Waals surface area contributed by atoms with Gasteiger partial charge in [-0.3, -0.25) is 0 Å². The number of rotatable bonds is 5. The fourth-order valence-corrected chi connectivity index (χ4v) is 1.24. The summed E-state index contributed by atoms with van der Waals surface area (Å²) in [5.41, 5.74) is 0. The maximum atomic E-state index is 10.8. The summed E-state index contributed by atoms with van der Waals surface area (Å²) in [4.78, 5) is 12.2. The molecule has 0 radical (unpaired) electrons. The van der Waals surface area contributed by atoms with Crippen molar-refractivity contribution in [2.24, 2.45) is 5.92 Å². The molecule has 0 aromatic heterocycles. The van der Waals surface area contributed by atoms with E-state index in [1.165, 1.54) is 4.90 Å². The first kappa shape index (κ1) is 10.3. The zero-order valence-electron chi connectivity index (χ0n) is 8.19. The van der Waals surface area contributed by atoms with E-state index in [1.54, 1.807) is 0 Å². The van der Waals surface area contributed by atoms with Crippen molar-refractivity contribution in [2.75, 3.05) is 19.7 Å². The van der Waals surface area contributed by atoms with E-state index >= 15 is 0 Å². The molecule has 1 aliphatic rings. The first-order valence-corrected chi connectivity index (χ1v) is 4.69. The molecule has 1 heterocycles. The summed E-state index contributed by atoms with van der Waals surface area (Å²) in [7, 11) is 0. The van der Waals surface area contributed by atoms with Gasteiger partial charge in [0.05, 0.1) is 12.7 Å². The van der Waals surface area contributed by atoms with Gasteiger partial charge >= 0.3 is 6.09 Å². The van der Waals surface area contributed by atoms with Crippen LogP contribution in [0.2, 0.25) is 0 Å². The minimum absolute atomic E-state index is 0.314. The standard InChI is InChI=1S/C9H17NO3/c1-7(2)5-10(9(11)12)4-3-8-6-13-8/h7-8H,3-6H2,1-2H3,(H,11,12). The number of nitrogens with zero attached hydrogens (tertiary/aromatic N) is 1. The topological polar surface area (TPSA) is 53.1 Å². The van der Waals surface area contributed by atoms with Gasteiger partial charge in [-0.05, 0) is 12.3 Å². The van der Waals surface area contributed by atoms with Crippen molar-refractivity contribution in [1.29, 1.82) is 0 Å². The van der Waals surface area contributed by atoms with E-state index in [1.807, 2.05) is 13.8 Å². The van der Waals surface area contributed by atoms with E-state index in [0.717, 1.165) is 13.0 Å². The third kappa shape index (κ3) is 4.12. The molecule has 0 aliphatic carbocycles. The van der Waals surface area contributed by atoms with Crippen molar-refractivity contribution in [3.63, 3.8) is 0 Å². The molecule has 0 aromatic carbocycles. The quantitative estimate of drug-likeness (QED) is 0.662. The van der Waals surface area contributed by atoms with E-state index < -0.39 is 6.09 Å². The molecular formula is C9H17NO3. The second kappa shape index (κ2) is 4.46. The summed E-state index contributed by atoms with van der Waals surface area (Å²) >= 11 is 0. The van der Waals surface area contributed by atoms with E-state index in [9.17, 15) is 4.79 Å². The molecular weight excluding hydrogens is 170 g/mol. The Labute approximate surface area is 78.5 Å². The van der Waals surface area contributed by atoms with Gasteiger partial charge in [0.1, 0.15) is 0 Å². The molecule has 1 amide bonds. The van der Waals surface area contributed by atoms with Crippen LogP contribution < -0.4 is 0 Å². The lowest BCUT2D eigenvalue weighted by Gasteiger charge is -2.20. The minimum Gasteiger partial charge on any atom is -0.465 e. The van der Waals surface area contributed by atoms with Crippen LogP contribution in [0.1, 0.15) is 20.3 Å². The van der Waals surface area contributed by atoms with Gasteiger partial charge in [-0.25, -0.2) is 4.79 Å². The van der Waals surface area contributed by atoms with Crippen molar-refractivity contribution in [1.82, 2.24) is 4.90 Å². The lowest BCUT2D eigenvalue weighted by molar-refractivity contribution is 0.137. The molecule has 1 fully saturated rings. The number of ether oxygens (including phenoxy) is 1. The number of hydrogen-bond acceptors (Lipinski definition) is 2. The fourth-order valence-electron chi connectivity index (χ4n) is 1.24.